The lowest BCUT2D eigenvalue weighted by Gasteiger charge is -2.11. The third-order valence-corrected chi connectivity index (χ3v) is 5.07. The molecule has 0 fully saturated rings. The number of carbonyl (C=O) groups excluding carboxylic acids is 1. The van der Waals surface area contributed by atoms with Crippen molar-refractivity contribution < 1.29 is 9.53 Å². The van der Waals surface area contributed by atoms with Crippen LogP contribution in [0.3, 0.4) is 0 Å². The molecule has 0 saturated heterocycles. The fourth-order valence-electron chi connectivity index (χ4n) is 3.25. The van der Waals surface area contributed by atoms with E-state index >= 15 is 0 Å². The number of carbonyl (C=O) groups is 1. The molecule has 26 heavy (non-hydrogen) atoms. The first-order chi connectivity index (χ1) is 12.7. The Bertz CT molecular complexity index is 923. The number of hydrogen-bond donors (Lipinski definition) is 1. The minimum atomic E-state index is -0.0143. The molecule has 1 unspecified atom stereocenters. The van der Waals surface area contributed by atoms with Crippen molar-refractivity contribution in [1.29, 1.82) is 0 Å². The van der Waals surface area contributed by atoms with Crippen molar-refractivity contribution in [3.05, 3.63) is 88.4 Å². The molecule has 4 heteroatoms. The van der Waals surface area contributed by atoms with E-state index in [1.165, 1.54) is 11.1 Å². The van der Waals surface area contributed by atoms with Crippen molar-refractivity contribution in [2.45, 2.75) is 12.8 Å². The highest BCUT2D eigenvalue weighted by molar-refractivity contribution is 9.10. The molecule has 0 bridgehead atoms. The molecule has 4 rings (SSSR count). The molecule has 1 atom stereocenters. The van der Waals surface area contributed by atoms with E-state index in [2.05, 4.69) is 33.4 Å². The largest absolute Gasteiger partial charge is 0.457 e. The lowest BCUT2D eigenvalue weighted by atomic mass is 10.1. The molecule has 0 aliphatic heterocycles. The Balaban J connectivity index is 1.38. The maximum atomic E-state index is 12.6. The molecule has 3 aromatic rings. The van der Waals surface area contributed by atoms with Crippen LogP contribution in [-0.2, 0) is 17.6 Å². The van der Waals surface area contributed by atoms with Gasteiger partial charge in [-0.05, 0) is 72.5 Å². The molecular formula is C22H18BrNO2. The van der Waals surface area contributed by atoms with Gasteiger partial charge < -0.3 is 10.1 Å². The SMILES string of the molecule is O=C(Nc1ccc(Oc2ccccc2)cc1)C1Cc2ccc(Br)cc2C1. The summed E-state index contributed by atoms with van der Waals surface area (Å²) in [5.41, 5.74) is 3.30. The summed E-state index contributed by atoms with van der Waals surface area (Å²) >= 11 is 3.49. The van der Waals surface area contributed by atoms with Gasteiger partial charge in [0.15, 0.2) is 0 Å². The molecule has 3 nitrogen and oxygen atoms in total. The number of fused-ring (bicyclic) bond motifs is 1. The van der Waals surface area contributed by atoms with Crippen LogP contribution in [0.15, 0.2) is 77.3 Å². The molecular weight excluding hydrogens is 390 g/mol. The van der Waals surface area contributed by atoms with Gasteiger partial charge in [0.25, 0.3) is 0 Å². The molecule has 0 spiro atoms. The predicted molar refractivity (Wildman–Crippen MR) is 107 cm³/mol. The van der Waals surface area contributed by atoms with E-state index in [4.69, 9.17) is 4.74 Å². The number of amides is 1. The molecule has 1 aliphatic rings. The summed E-state index contributed by atoms with van der Waals surface area (Å²) < 4.78 is 6.84. The van der Waals surface area contributed by atoms with Crippen molar-refractivity contribution in [3.8, 4) is 11.5 Å². The van der Waals surface area contributed by atoms with Gasteiger partial charge in [0.05, 0.1) is 0 Å². The van der Waals surface area contributed by atoms with Gasteiger partial charge in [-0.3, -0.25) is 4.79 Å². The standard InChI is InChI=1S/C22H18BrNO2/c23-18-7-6-15-12-17(13-16(15)14-18)22(25)24-19-8-10-21(11-9-19)26-20-4-2-1-3-5-20/h1-11,14,17H,12-13H2,(H,24,25). The van der Waals surface area contributed by atoms with Gasteiger partial charge >= 0.3 is 0 Å². The fourth-order valence-corrected chi connectivity index (χ4v) is 3.66. The summed E-state index contributed by atoms with van der Waals surface area (Å²) in [6, 6.07) is 23.3. The van der Waals surface area contributed by atoms with E-state index in [1.54, 1.807) is 0 Å². The quantitative estimate of drug-likeness (QED) is 0.611. The maximum Gasteiger partial charge on any atom is 0.228 e. The number of para-hydroxylation sites is 1. The summed E-state index contributed by atoms with van der Waals surface area (Å²) in [6.07, 6.45) is 1.58. The van der Waals surface area contributed by atoms with Crippen LogP contribution in [0.25, 0.3) is 0 Å². The van der Waals surface area contributed by atoms with Gasteiger partial charge in [0.1, 0.15) is 11.5 Å². The molecule has 0 radical (unpaired) electrons. The topological polar surface area (TPSA) is 38.3 Å². The zero-order valence-electron chi connectivity index (χ0n) is 14.1. The smallest absolute Gasteiger partial charge is 0.228 e. The van der Waals surface area contributed by atoms with Crippen LogP contribution in [-0.4, -0.2) is 5.91 Å². The second-order valence-electron chi connectivity index (χ2n) is 6.45. The lowest BCUT2D eigenvalue weighted by molar-refractivity contribution is -0.119. The van der Waals surface area contributed by atoms with Gasteiger partial charge in [-0.15, -0.1) is 0 Å². The van der Waals surface area contributed by atoms with E-state index in [9.17, 15) is 4.79 Å². The Morgan fingerprint density at radius 2 is 1.58 bits per heavy atom. The van der Waals surface area contributed by atoms with Crippen LogP contribution in [0.4, 0.5) is 5.69 Å². The summed E-state index contributed by atoms with van der Waals surface area (Å²) in [4.78, 5) is 12.6. The van der Waals surface area contributed by atoms with Gasteiger partial charge in [0, 0.05) is 16.1 Å². The third kappa shape index (κ3) is 3.81. The Hall–Kier alpha value is -2.59. The normalized spacial score (nSPS) is 15.3. The highest BCUT2D eigenvalue weighted by atomic mass is 79.9. The maximum absolute atomic E-state index is 12.6. The zero-order valence-corrected chi connectivity index (χ0v) is 15.7. The van der Waals surface area contributed by atoms with E-state index in [-0.39, 0.29) is 11.8 Å². The number of ether oxygens (including phenoxy) is 1. The molecule has 130 valence electrons. The number of hydrogen-bond acceptors (Lipinski definition) is 2. The van der Waals surface area contributed by atoms with Crippen LogP contribution in [0.2, 0.25) is 0 Å². The van der Waals surface area contributed by atoms with Crippen molar-refractivity contribution in [2.75, 3.05) is 5.32 Å². The zero-order chi connectivity index (χ0) is 17.9. The number of benzene rings is 3. The summed E-state index contributed by atoms with van der Waals surface area (Å²) in [5.74, 6) is 1.58. The van der Waals surface area contributed by atoms with E-state index in [1.807, 2.05) is 60.7 Å². The fraction of sp³-hybridized carbons (Fsp3) is 0.136. The van der Waals surface area contributed by atoms with Crippen LogP contribution in [0.5, 0.6) is 11.5 Å². The molecule has 0 aromatic heterocycles. The van der Waals surface area contributed by atoms with Crippen molar-refractivity contribution in [2.24, 2.45) is 5.92 Å². The van der Waals surface area contributed by atoms with Crippen molar-refractivity contribution in [3.63, 3.8) is 0 Å². The monoisotopic (exact) mass is 407 g/mol. The van der Waals surface area contributed by atoms with Gasteiger partial charge in [-0.2, -0.15) is 0 Å². The number of nitrogens with one attached hydrogen (secondary N) is 1. The number of anilines is 1. The van der Waals surface area contributed by atoms with Gasteiger partial charge in [-0.1, -0.05) is 40.2 Å². The van der Waals surface area contributed by atoms with Crippen LogP contribution in [0, 0.1) is 5.92 Å². The minimum Gasteiger partial charge on any atom is -0.457 e. The van der Waals surface area contributed by atoms with E-state index in [0.717, 1.165) is 34.5 Å². The average Bonchev–Trinajstić information content (AvgIpc) is 3.07. The third-order valence-electron chi connectivity index (χ3n) is 4.57. The number of halogens is 1. The van der Waals surface area contributed by atoms with Gasteiger partial charge in [0.2, 0.25) is 5.91 Å². The second kappa shape index (κ2) is 7.34. The molecule has 3 aromatic carbocycles. The van der Waals surface area contributed by atoms with Crippen LogP contribution < -0.4 is 10.1 Å². The average molecular weight is 408 g/mol. The Labute approximate surface area is 161 Å². The molecule has 1 aliphatic carbocycles. The molecule has 1 amide bonds. The summed E-state index contributed by atoms with van der Waals surface area (Å²) in [7, 11) is 0. The van der Waals surface area contributed by atoms with E-state index < -0.39 is 0 Å². The molecule has 0 saturated carbocycles. The summed E-state index contributed by atoms with van der Waals surface area (Å²) in [6.45, 7) is 0. The highest BCUT2D eigenvalue weighted by Gasteiger charge is 2.27. The lowest BCUT2D eigenvalue weighted by Crippen LogP contribution is -2.23. The highest BCUT2D eigenvalue weighted by Crippen LogP contribution is 2.30. The molecule has 0 heterocycles. The first-order valence-electron chi connectivity index (χ1n) is 8.58. The first kappa shape index (κ1) is 16.9. The first-order valence-corrected chi connectivity index (χ1v) is 9.38. The van der Waals surface area contributed by atoms with Crippen LogP contribution >= 0.6 is 15.9 Å². The summed E-state index contributed by atoms with van der Waals surface area (Å²) in [5, 5.41) is 3.02. The predicted octanol–water partition coefficient (Wildman–Crippen LogP) is 5.59. The van der Waals surface area contributed by atoms with E-state index in [0.29, 0.717) is 0 Å². The molecule has 1 N–H and O–H groups in total. The Kier molecular flexibility index (Phi) is 4.76. The Morgan fingerprint density at radius 3 is 2.35 bits per heavy atom. The van der Waals surface area contributed by atoms with Crippen molar-refractivity contribution >= 4 is 27.5 Å². The number of rotatable bonds is 4. The van der Waals surface area contributed by atoms with Crippen molar-refractivity contribution in [1.82, 2.24) is 0 Å². The second-order valence-corrected chi connectivity index (χ2v) is 7.36. The van der Waals surface area contributed by atoms with Crippen LogP contribution in [0.1, 0.15) is 11.1 Å². The minimum absolute atomic E-state index is 0.0143. The van der Waals surface area contributed by atoms with Gasteiger partial charge in [-0.25, -0.2) is 0 Å². The Morgan fingerprint density at radius 1 is 0.885 bits per heavy atom.